The van der Waals surface area contributed by atoms with E-state index < -0.39 is 11.9 Å². The fourth-order valence-electron chi connectivity index (χ4n) is 2.80. The first-order valence-corrected chi connectivity index (χ1v) is 8.58. The summed E-state index contributed by atoms with van der Waals surface area (Å²) in [4.78, 5) is 23.1. The van der Waals surface area contributed by atoms with Gasteiger partial charge in [-0.2, -0.15) is 0 Å². The molecule has 0 heterocycles. The Morgan fingerprint density at radius 2 is 1.81 bits per heavy atom. The summed E-state index contributed by atoms with van der Waals surface area (Å²) < 4.78 is 5.32. The molecule has 0 saturated carbocycles. The molecule has 2 aromatic rings. The smallest absolute Gasteiger partial charge is 0.386 e. The number of benzene rings is 2. The van der Waals surface area contributed by atoms with Gasteiger partial charge in [0.25, 0.3) is 0 Å². The number of ether oxygens (including phenoxy) is 1. The maximum Gasteiger partial charge on any atom is 0.386 e. The molecular formula is C23H18O4. The summed E-state index contributed by atoms with van der Waals surface area (Å²) >= 11 is 0. The summed E-state index contributed by atoms with van der Waals surface area (Å²) in [6.45, 7) is 2.11. The van der Waals surface area contributed by atoms with E-state index in [2.05, 4.69) is 19.1 Å². The van der Waals surface area contributed by atoms with Crippen LogP contribution in [0.2, 0.25) is 0 Å². The van der Waals surface area contributed by atoms with Gasteiger partial charge in [0.05, 0.1) is 11.1 Å². The van der Waals surface area contributed by atoms with E-state index in [1.807, 2.05) is 24.3 Å². The van der Waals surface area contributed by atoms with Crippen LogP contribution in [0.3, 0.4) is 0 Å². The van der Waals surface area contributed by atoms with E-state index >= 15 is 0 Å². The molecule has 4 heteroatoms. The fourth-order valence-corrected chi connectivity index (χ4v) is 2.80. The largest absolute Gasteiger partial charge is 0.423 e. The molecular weight excluding hydrogens is 340 g/mol. The Bertz CT molecular complexity index is 947. The first kappa shape index (κ1) is 18.4. The van der Waals surface area contributed by atoms with Crippen LogP contribution in [0.25, 0.3) is 0 Å². The minimum atomic E-state index is -1.33. The number of carbonyl (C=O) groups excluding carboxylic acids is 2. The summed E-state index contributed by atoms with van der Waals surface area (Å²) in [7, 11) is 0. The third-order valence-corrected chi connectivity index (χ3v) is 4.31. The first-order chi connectivity index (χ1) is 13.0. The van der Waals surface area contributed by atoms with Crippen molar-refractivity contribution in [2.45, 2.75) is 19.8 Å². The fraction of sp³-hybridized carbons (Fsp3) is 0.130. The van der Waals surface area contributed by atoms with Crippen molar-refractivity contribution in [2.75, 3.05) is 0 Å². The van der Waals surface area contributed by atoms with Gasteiger partial charge < -0.3 is 4.74 Å². The molecule has 134 valence electrons. The molecule has 0 aromatic heterocycles. The number of carbonyl (C=O) groups is 2. The van der Waals surface area contributed by atoms with Gasteiger partial charge in [-0.25, -0.2) is 14.7 Å². The highest BCUT2D eigenvalue weighted by molar-refractivity contribution is 5.95. The van der Waals surface area contributed by atoms with Gasteiger partial charge in [0.1, 0.15) is 5.75 Å². The Hall–Kier alpha value is -3.40. The number of hydrogen-bond donors (Lipinski definition) is 0. The summed E-state index contributed by atoms with van der Waals surface area (Å²) in [5.41, 5.74) is 3.79. The van der Waals surface area contributed by atoms with Crippen molar-refractivity contribution in [2.24, 2.45) is 0 Å². The molecule has 0 unspecified atom stereocenters. The van der Waals surface area contributed by atoms with Gasteiger partial charge in [-0.05, 0) is 67.3 Å². The van der Waals surface area contributed by atoms with Crippen molar-refractivity contribution < 1.29 is 19.4 Å². The van der Waals surface area contributed by atoms with Gasteiger partial charge >= 0.3 is 11.9 Å². The van der Waals surface area contributed by atoms with E-state index in [9.17, 15) is 14.7 Å². The number of hydrogen-bond acceptors (Lipinski definition) is 3. The third-order valence-electron chi connectivity index (χ3n) is 4.31. The molecule has 0 aliphatic heterocycles. The van der Waals surface area contributed by atoms with E-state index in [0.29, 0.717) is 5.75 Å². The highest BCUT2D eigenvalue weighted by atomic mass is 16.5. The predicted molar refractivity (Wildman–Crippen MR) is 101 cm³/mol. The molecule has 1 aliphatic rings. The van der Waals surface area contributed by atoms with Crippen LogP contribution in [0.1, 0.15) is 39.6 Å². The first-order valence-electron chi connectivity index (χ1n) is 8.58. The second kappa shape index (κ2) is 8.32. The molecule has 0 N–H and O–H groups in total. The molecule has 0 spiro atoms. The van der Waals surface area contributed by atoms with Crippen molar-refractivity contribution in [3.05, 3.63) is 101 Å². The van der Waals surface area contributed by atoms with Crippen molar-refractivity contribution >= 4 is 11.9 Å². The zero-order valence-electron chi connectivity index (χ0n) is 14.9. The van der Waals surface area contributed by atoms with Crippen LogP contribution in [0.4, 0.5) is 0 Å². The average Bonchev–Trinajstić information content (AvgIpc) is 2.70. The molecule has 3 rings (SSSR count). The Kier molecular flexibility index (Phi) is 5.67. The van der Waals surface area contributed by atoms with Gasteiger partial charge in [0, 0.05) is 0 Å². The van der Waals surface area contributed by atoms with Crippen LogP contribution in [0.15, 0.2) is 77.9 Å². The molecule has 27 heavy (non-hydrogen) atoms. The molecule has 4 nitrogen and oxygen atoms in total. The quantitative estimate of drug-likeness (QED) is 0.577. The van der Waals surface area contributed by atoms with E-state index in [-0.39, 0.29) is 11.1 Å². The number of rotatable bonds is 5. The van der Waals surface area contributed by atoms with E-state index in [4.69, 9.17) is 4.74 Å². The zero-order valence-corrected chi connectivity index (χ0v) is 14.9. The number of allylic oxidation sites excluding steroid dienone is 6. The van der Waals surface area contributed by atoms with Crippen LogP contribution in [0.5, 0.6) is 5.75 Å². The molecule has 1 aliphatic carbocycles. The zero-order chi connectivity index (χ0) is 19.2. The van der Waals surface area contributed by atoms with Gasteiger partial charge in [0.15, 0.2) is 0 Å². The van der Waals surface area contributed by atoms with Crippen LogP contribution < -0.4 is 4.74 Å². The molecule has 0 saturated heterocycles. The van der Waals surface area contributed by atoms with Gasteiger partial charge in [-0.3, -0.25) is 0 Å². The summed E-state index contributed by atoms with van der Waals surface area (Å²) in [6.07, 6.45) is 10.8. The van der Waals surface area contributed by atoms with Crippen molar-refractivity contribution in [3.63, 3.8) is 0 Å². The number of esters is 1. The second-order valence-corrected chi connectivity index (χ2v) is 6.29. The highest BCUT2D eigenvalue weighted by Gasteiger charge is 2.12. The standard InChI is InChI=1S/C23H18O4/c1-16(18-6-3-2-4-7-18)14-17-10-12-21(13-11-17)27-23(26)20-9-5-8-19(15-20)22(24)25/h3-6,8-13,15H,7,14H2,1H3. The lowest BCUT2D eigenvalue weighted by Gasteiger charge is -2.10. The summed E-state index contributed by atoms with van der Waals surface area (Å²) in [5.74, 6) is -1.54. The molecule has 0 bridgehead atoms. The van der Waals surface area contributed by atoms with Gasteiger partial charge in [-0.15, -0.1) is 0 Å². The normalized spacial score (nSPS) is 14.7. The Morgan fingerprint density at radius 1 is 1.07 bits per heavy atom. The molecule has 0 fully saturated rings. The van der Waals surface area contributed by atoms with Gasteiger partial charge in [-0.1, -0.05) is 42.0 Å². The Balaban J connectivity index is 1.66. The topological polar surface area (TPSA) is 63.3 Å². The Labute approximate surface area is 158 Å². The van der Waals surface area contributed by atoms with Crippen LogP contribution in [0, 0.1) is 6.08 Å². The lowest BCUT2D eigenvalue weighted by molar-refractivity contribution is 0.0573. The third kappa shape index (κ3) is 4.82. The van der Waals surface area contributed by atoms with Crippen LogP contribution in [-0.2, 0) is 11.5 Å². The molecule has 0 atom stereocenters. The maximum absolute atomic E-state index is 12.2. The second-order valence-electron chi connectivity index (χ2n) is 6.29. The minimum Gasteiger partial charge on any atom is -0.423 e. The van der Waals surface area contributed by atoms with Crippen molar-refractivity contribution in [1.29, 1.82) is 0 Å². The molecule has 2 aromatic carbocycles. The monoisotopic (exact) mass is 358 g/mol. The minimum absolute atomic E-state index is 0.0625. The highest BCUT2D eigenvalue weighted by Crippen LogP contribution is 2.21. The SMILES string of the molecule is CC(Cc1ccc(OC(=O)c2cccc(C([O])=O)c2)cc1)=C1C=C[C]=CC1. The summed E-state index contributed by atoms with van der Waals surface area (Å²) in [6, 6.07) is 12.9. The van der Waals surface area contributed by atoms with Crippen LogP contribution in [-0.4, -0.2) is 11.9 Å². The van der Waals surface area contributed by atoms with Crippen LogP contribution >= 0.6 is 0 Å². The summed E-state index contributed by atoms with van der Waals surface area (Å²) in [5, 5.41) is 10.9. The van der Waals surface area contributed by atoms with Crippen molar-refractivity contribution in [3.8, 4) is 5.75 Å². The average molecular weight is 358 g/mol. The Morgan fingerprint density at radius 3 is 2.48 bits per heavy atom. The van der Waals surface area contributed by atoms with Crippen molar-refractivity contribution in [1.82, 2.24) is 0 Å². The van der Waals surface area contributed by atoms with E-state index in [1.165, 1.54) is 35.4 Å². The molecule has 0 amide bonds. The lowest BCUT2D eigenvalue weighted by Crippen LogP contribution is -2.09. The molecule has 2 radical (unpaired) electrons. The van der Waals surface area contributed by atoms with Gasteiger partial charge in [0.2, 0.25) is 0 Å². The lowest BCUT2D eigenvalue weighted by atomic mass is 9.97. The van der Waals surface area contributed by atoms with E-state index in [0.717, 1.165) is 18.4 Å². The maximum atomic E-state index is 12.2. The van der Waals surface area contributed by atoms with E-state index in [1.54, 1.807) is 12.1 Å². The predicted octanol–water partition coefficient (Wildman–Crippen LogP) is 4.65.